The predicted molar refractivity (Wildman–Crippen MR) is 98.0 cm³/mol. The van der Waals surface area contributed by atoms with E-state index in [1.165, 1.54) is 0 Å². The second-order valence-corrected chi connectivity index (χ2v) is 5.92. The molecule has 0 aliphatic rings. The first-order chi connectivity index (χ1) is 12.6. The molecule has 128 valence electrons. The van der Waals surface area contributed by atoms with Crippen molar-refractivity contribution in [2.24, 2.45) is 0 Å². The molecular formula is C20H15N3O3. The van der Waals surface area contributed by atoms with Crippen LogP contribution < -0.4 is 5.56 Å². The lowest BCUT2D eigenvalue weighted by atomic mass is 10.1. The summed E-state index contributed by atoms with van der Waals surface area (Å²) in [6, 6.07) is 16.2. The second kappa shape index (κ2) is 6.40. The lowest BCUT2D eigenvalue weighted by Gasteiger charge is -2.08. The van der Waals surface area contributed by atoms with Crippen LogP contribution in [0.15, 0.2) is 59.4 Å². The molecule has 2 aromatic heterocycles. The molecule has 1 N–H and O–H groups in total. The van der Waals surface area contributed by atoms with Gasteiger partial charge in [-0.1, -0.05) is 30.3 Å². The highest BCUT2D eigenvalue weighted by molar-refractivity contribution is 5.92. The van der Waals surface area contributed by atoms with Gasteiger partial charge in [0.15, 0.2) is 0 Å². The quantitative estimate of drug-likeness (QED) is 0.577. The Kier molecular flexibility index (Phi) is 3.93. The van der Waals surface area contributed by atoms with Crippen molar-refractivity contribution in [3.63, 3.8) is 0 Å². The number of rotatable bonds is 3. The number of pyridine rings is 1. The van der Waals surface area contributed by atoms with Crippen LogP contribution in [0.3, 0.4) is 0 Å². The van der Waals surface area contributed by atoms with E-state index in [4.69, 9.17) is 4.74 Å². The van der Waals surface area contributed by atoms with Crippen LogP contribution in [0.4, 0.5) is 0 Å². The number of para-hydroxylation sites is 2. The van der Waals surface area contributed by atoms with Crippen LogP contribution in [0.5, 0.6) is 0 Å². The molecule has 0 aliphatic carbocycles. The predicted octanol–water partition coefficient (Wildman–Crippen LogP) is 3.14. The van der Waals surface area contributed by atoms with Crippen molar-refractivity contribution in [1.82, 2.24) is 15.0 Å². The number of nitrogens with zero attached hydrogens (tertiary/aromatic N) is 2. The Labute approximate surface area is 148 Å². The number of H-pyrrole nitrogens is 1. The highest BCUT2D eigenvalue weighted by atomic mass is 16.5. The lowest BCUT2D eigenvalue weighted by Crippen LogP contribution is -2.15. The molecule has 0 saturated heterocycles. The van der Waals surface area contributed by atoms with Crippen LogP contribution in [0.2, 0.25) is 0 Å². The molecule has 0 amide bonds. The third-order valence-electron chi connectivity index (χ3n) is 4.16. The van der Waals surface area contributed by atoms with Crippen LogP contribution in [0, 0.1) is 6.92 Å². The monoisotopic (exact) mass is 345 g/mol. The minimum absolute atomic E-state index is 0.0165. The highest BCUT2D eigenvalue weighted by Gasteiger charge is 2.13. The fourth-order valence-electron chi connectivity index (χ4n) is 2.79. The van der Waals surface area contributed by atoms with E-state index in [9.17, 15) is 9.59 Å². The Bertz CT molecular complexity index is 1200. The highest BCUT2D eigenvalue weighted by Crippen LogP contribution is 2.14. The maximum absolute atomic E-state index is 12.3. The van der Waals surface area contributed by atoms with E-state index in [1.54, 1.807) is 24.3 Å². The number of carbonyl (C=O) groups is 1. The molecule has 2 heterocycles. The summed E-state index contributed by atoms with van der Waals surface area (Å²) in [5, 5.41) is 1.21. The number of fused-ring (bicyclic) bond motifs is 2. The van der Waals surface area contributed by atoms with Crippen LogP contribution >= 0.6 is 0 Å². The lowest BCUT2D eigenvalue weighted by molar-refractivity contribution is 0.0460. The smallest absolute Gasteiger partial charge is 0.355 e. The summed E-state index contributed by atoms with van der Waals surface area (Å²) in [5.41, 5.74) is 2.60. The average molecular weight is 345 g/mol. The molecule has 6 heteroatoms. The van der Waals surface area contributed by atoms with E-state index in [2.05, 4.69) is 15.0 Å². The summed E-state index contributed by atoms with van der Waals surface area (Å²) in [4.78, 5) is 36.0. The van der Waals surface area contributed by atoms with Crippen molar-refractivity contribution in [2.75, 3.05) is 0 Å². The Balaban J connectivity index is 1.59. The summed E-state index contributed by atoms with van der Waals surface area (Å²) in [6.07, 6.45) is 0. The number of hydrogen-bond donors (Lipinski definition) is 1. The average Bonchev–Trinajstić information content (AvgIpc) is 2.66. The molecule has 2 aromatic carbocycles. The van der Waals surface area contributed by atoms with Crippen molar-refractivity contribution >= 4 is 27.8 Å². The van der Waals surface area contributed by atoms with Crippen molar-refractivity contribution in [3.05, 3.63) is 82.0 Å². The molecule has 0 bridgehead atoms. The van der Waals surface area contributed by atoms with Crippen molar-refractivity contribution in [1.29, 1.82) is 0 Å². The number of aryl methyl sites for hydroxylation is 1. The molecule has 0 atom stereocenters. The number of aromatic amines is 1. The SMILES string of the molecule is Cc1nc2ccccc2nc1COC(=O)c1cc2ccccc2c(=O)[nH]1. The molecule has 0 aliphatic heterocycles. The first kappa shape index (κ1) is 16.0. The fourth-order valence-corrected chi connectivity index (χ4v) is 2.79. The third kappa shape index (κ3) is 2.93. The van der Waals surface area contributed by atoms with E-state index in [0.717, 1.165) is 11.0 Å². The second-order valence-electron chi connectivity index (χ2n) is 5.92. The molecule has 0 spiro atoms. The Morgan fingerprint density at radius 2 is 1.73 bits per heavy atom. The Morgan fingerprint density at radius 3 is 2.54 bits per heavy atom. The third-order valence-corrected chi connectivity index (χ3v) is 4.16. The summed E-state index contributed by atoms with van der Waals surface area (Å²) in [7, 11) is 0. The first-order valence-electron chi connectivity index (χ1n) is 8.13. The number of nitrogens with one attached hydrogen (secondary N) is 1. The maximum atomic E-state index is 12.3. The summed E-state index contributed by atoms with van der Waals surface area (Å²) >= 11 is 0. The molecule has 0 saturated carbocycles. The minimum atomic E-state index is -0.609. The Morgan fingerprint density at radius 1 is 1.04 bits per heavy atom. The van der Waals surface area contributed by atoms with Crippen molar-refractivity contribution in [3.8, 4) is 0 Å². The van der Waals surface area contributed by atoms with Crippen LogP contribution in [-0.2, 0) is 11.3 Å². The largest absolute Gasteiger partial charge is 0.454 e. The molecule has 0 unspecified atom stereocenters. The summed E-state index contributed by atoms with van der Waals surface area (Å²) in [5.74, 6) is -0.609. The molecule has 6 nitrogen and oxygen atoms in total. The van der Waals surface area contributed by atoms with E-state index in [0.29, 0.717) is 22.2 Å². The summed E-state index contributed by atoms with van der Waals surface area (Å²) in [6.45, 7) is 1.80. The zero-order chi connectivity index (χ0) is 18.1. The van der Waals surface area contributed by atoms with Crippen molar-refractivity contribution in [2.45, 2.75) is 13.5 Å². The zero-order valence-electron chi connectivity index (χ0n) is 14.0. The number of hydrogen-bond acceptors (Lipinski definition) is 5. The van der Waals surface area contributed by atoms with E-state index < -0.39 is 5.97 Å². The van der Waals surface area contributed by atoms with E-state index in [1.807, 2.05) is 37.3 Å². The standard InChI is InChI=1S/C20H15N3O3/c1-12-18(22-16-9-5-4-8-15(16)21-12)11-26-20(25)17-10-13-6-2-3-7-14(13)19(24)23-17/h2-10H,11H2,1H3,(H,23,24). The number of ether oxygens (including phenoxy) is 1. The van der Waals surface area contributed by atoms with Gasteiger partial charge in [-0.25, -0.2) is 14.8 Å². The molecule has 26 heavy (non-hydrogen) atoms. The van der Waals surface area contributed by atoms with Gasteiger partial charge in [-0.05, 0) is 36.6 Å². The van der Waals surface area contributed by atoms with Crippen LogP contribution in [-0.4, -0.2) is 20.9 Å². The number of esters is 1. The maximum Gasteiger partial charge on any atom is 0.355 e. The van der Waals surface area contributed by atoms with E-state index in [-0.39, 0.29) is 17.9 Å². The number of carbonyl (C=O) groups excluding carboxylic acids is 1. The van der Waals surface area contributed by atoms with Gasteiger partial charge < -0.3 is 9.72 Å². The number of aromatic nitrogens is 3. The topological polar surface area (TPSA) is 84.9 Å². The first-order valence-corrected chi connectivity index (χ1v) is 8.13. The van der Waals surface area contributed by atoms with Gasteiger partial charge in [-0.15, -0.1) is 0 Å². The molecular weight excluding hydrogens is 330 g/mol. The van der Waals surface area contributed by atoms with Gasteiger partial charge in [0.1, 0.15) is 12.3 Å². The van der Waals surface area contributed by atoms with Gasteiger partial charge in [-0.3, -0.25) is 4.79 Å². The van der Waals surface area contributed by atoms with Gasteiger partial charge >= 0.3 is 5.97 Å². The van der Waals surface area contributed by atoms with Gasteiger partial charge in [0, 0.05) is 5.39 Å². The fraction of sp³-hybridized carbons (Fsp3) is 0.100. The van der Waals surface area contributed by atoms with Crippen LogP contribution in [0.25, 0.3) is 21.8 Å². The number of benzene rings is 2. The molecule has 4 rings (SSSR count). The molecule has 4 aromatic rings. The normalized spacial score (nSPS) is 11.0. The minimum Gasteiger partial charge on any atom is -0.454 e. The Hall–Kier alpha value is -3.54. The van der Waals surface area contributed by atoms with Gasteiger partial charge in [0.05, 0.1) is 22.4 Å². The van der Waals surface area contributed by atoms with Crippen LogP contribution in [0.1, 0.15) is 21.9 Å². The summed E-state index contributed by atoms with van der Waals surface area (Å²) < 4.78 is 5.34. The van der Waals surface area contributed by atoms with E-state index >= 15 is 0 Å². The molecule has 0 radical (unpaired) electrons. The van der Waals surface area contributed by atoms with Gasteiger partial charge in [-0.2, -0.15) is 0 Å². The van der Waals surface area contributed by atoms with Crippen molar-refractivity contribution < 1.29 is 9.53 Å². The molecule has 0 fully saturated rings. The van der Waals surface area contributed by atoms with Gasteiger partial charge in [0.25, 0.3) is 5.56 Å². The van der Waals surface area contributed by atoms with Gasteiger partial charge in [0.2, 0.25) is 0 Å². The zero-order valence-corrected chi connectivity index (χ0v) is 14.0.